The predicted molar refractivity (Wildman–Crippen MR) is 113 cm³/mol. The van der Waals surface area contributed by atoms with Gasteiger partial charge in [-0.1, -0.05) is 74.2 Å². The fourth-order valence-corrected chi connectivity index (χ4v) is 3.54. The Morgan fingerprint density at radius 3 is 2.37 bits per heavy atom. The normalized spacial score (nSPS) is 15.3. The lowest BCUT2D eigenvalue weighted by Gasteiger charge is -2.08. The molecular weight excluding hydrogens is 378 g/mol. The van der Waals surface area contributed by atoms with Gasteiger partial charge in [0.25, 0.3) is 5.91 Å². The summed E-state index contributed by atoms with van der Waals surface area (Å²) in [5, 5.41) is 2.60. The lowest BCUT2D eigenvalue weighted by atomic mass is 10.0. The minimum atomic E-state index is -0.162. The maximum Gasteiger partial charge on any atom is 0.263 e. The Morgan fingerprint density at radius 1 is 1.15 bits per heavy atom. The highest BCUT2D eigenvalue weighted by Gasteiger charge is 2.21. The number of amides is 1. The fraction of sp³-hybridized carbons (Fsp3) is 0.190. The number of ketones is 1. The Labute approximate surface area is 168 Å². The van der Waals surface area contributed by atoms with Crippen LogP contribution in [0.1, 0.15) is 35.3 Å². The maximum atomic E-state index is 12.0. The van der Waals surface area contributed by atoms with Crippen LogP contribution < -0.4 is 10.1 Å². The van der Waals surface area contributed by atoms with Crippen LogP contribution in [-0.4, -0.2) is 16.0 Å². The third kappa shape index (κ3) is 5.05. The zero-order chi connectivity index (χ0) is 19.4. The number of carbonyl (C=O) groups excluding carboxylic acids is 2. The summed E-state index contributed by atoms with van der Waals surface area (Å²) < 4.78 is 6.27. The van der Waals surface area contributed by atoms with E-state index in [4.69, 9.17) is 17.0 Å². The van der Waals surface area contributed by atoms with Crippen molar-refractivity contribution in [2.75, 3.05) is 0 Å². The molecule has 0 radical (unpaired) electrons. The highest BCUT2D eigenvalue weighted by atomic mass is 32.2. The van der Waals surface area contributed by atoms with Gasteiger partial charge in [-0.15, -0.1) is 0 Å². The number of carbonyl (C=O) groups is 2. The quantitative estimate of drug-likeness (QED) is 0.439. The van der Waals surface area contributed by atoms with Gasteiger partial charge >= 0.3 is 0 Å². The first-order valence-corrected chi connectivity index (χ1v) is 9.76. The van der Waals surface area contributed by atoms with E-state index in [9.17, 15) is 9.59 Å². The van der Waals surface area contributed by atoms with Crippen LogP contribution in [0.25, 0.3) is 6.08 Å². The zero-order valence-corrected chi connectivity index (χ0v) is 16.7. The Morgan fingerprint density at radius 2 is 1.81 bits per heavy atom. The molecular formula is C21H19NO3S2. The lowest BCUT2D eigenvalue weighted by Crippen LogP contribution is -2.17. The van der Waals surface area contributed by atoms with Gasteiger partial charge in [0.1, 0.15) is 16.7 Å². The van der Waals surface area contributed by atoms with Crippen LogP contribution >= 0.6 is 24.0 Å². The number of hydrogen-bond acceptors (Lipinski definition) is 5. The van der Waals surface area contributed by atoms with Crippen LogP contribution in [0.3, 0.4) is 0 Å². The van der Waals surface area contributed by atoms with Crippen molar-refractivity contribution in [1.82, 2.24) is 5.32 Å². The number of nitrogens with one attached hydrogen (secondary N) is 1. The molecule has 1 saturated heterocycles. The summed E-state index contributed by atoms with van der Waals surface area (Å²) in [5.41, 5.74) is 2.62. The molecule has 3 rings (SSSR count). The van der Waals surface area contributed by atoms with Gasteiger partial charge in [-0.2, -0.15) is 0 Å². The molecule has 4 nitrogen and oxygen atoms in total. The minimum absolute atomic E-state index is 0.00938. The molecule has 0 bridgehead atoms. The number of hydrogen-bond donors (Lipinski definition) is 1. The van der Waals surface area contributed by atoms with E-state index in [2.05, 4.69) is 5.32 Å². The first kappa shape index (κ1) is 19.3. The van der Waals surface area contributed by atoms with Crippen molar-refractivity contribution in [2.45, 2.75) is 20.5 Å². The molecule has 0 saturated carbocycles. The van der Waals surface area contributed by atoms with E-state index in [0.717, 1.165) is 22.4 Å². The van der Waals surface area contributed by atoms with Crippen LogP contribution in [0, 0.1) is 5.92 Å². The predicted octanol–water partition coefficient (Wildman–Crippen LogP) is 4.59. The molecule has 138 valence electrons. The molecule has 0 aromatic heterocycles. The standard InChI is InChI=1S/C21H19NO3S2/c1-13(2)19(23)16-7-3-15(4-8-16)12-25-17-9-5-14(6-10-17)11-18-20(24)22-21(26)27-18/h3-11,13H,12H2,1-2H3,(H,22,24,26)/b18-11-. The van der Waals surface area contributed by atoms with Crippen molar-refractivity contribution in [1.29, 1.82) is 0 Å². The van der Waals surface area contributed by atoms with Crippen LogP contribution in [0.15, 0.2) is 53.4 Å². The van der Waals surface area contributed by atoms with E-state index in [-0.39, 0.29) is 17.6 Å². The Kier molecular flexibility index (Phi) is 6.08. The fourth-order valence-electron chi connectivity index (χ4n) is 2.50. The Hall–Kier alpha value is -2.44. The SMILES string of the molecule is CC(C)C(=O)c1ccc(COc2ccc(/C=C3\SC(=S)NC3=O)cc2)cc1. The number of Topliss-reactive ketones (excluding diaryl/α,β-unsaturated/α-hetero) is 1. The first-order chi connectivity index (χ1) is 12.9. The molecule has 27 heavy (non-hydrogen) atoms. The maximum absolute atomic E-state index is 12.0. The summed E-state index contributed by atoms with van der Waals surface area (Å²) in [4.78, 5) is 24.2. The number of ether oxygens (including phenoxy) is 1. The average molecular weight is 398 g/mol. The smallest absolute Gasteiger partial charge is 0.263 e. The molecule has 1 N–H and O–H groups in total. The molecule has 0 aliphatic carbocycles. The second-order valence-corrected chi connectivity index (χ2v) is 8.14. The summed E-state index contributed by atoms with van der Waals surface area (Å²) in [5.74, 6) is 0.704. The summed E-state index contributed by atoms with van der Waals surface area (Å²) in [6.45, 7) is 4.21. The zero-order valence-electron chi connectivity index (χ0n) is 15.0. The highest BCUT2D eigenvalue weighted by Crippen LogP contribution is 2.26. The first-order valence-electron chi connectivity index (χ1n) is 8.53. The number of thioether (sulfide) groups is 1. The summed E-state index contributed by atoms with van der Waals surface area (Å²) in [7, 11) is 0. The van der Waals surface area contributed by atoms with Crippen LogP contribution in [0.5, 0.6) is 5.75 Å². The van der Waals surface area contributed by atoms with E-state index < -0.39 is 0 Å². The topological polar surface area (TPSA) is 55.4 Å². The van der Waals surface area contributed by atoms with E-state index >= 15 is 0 Å². The number of benzene rings is 2. The van der Waals surface area contributed by atoms with Crippen molar-refractivity contribution in [2.24, 2.45) is 5.92 Å². The summed E-state index contributed by atoms with van der Waals surface area (Å²) in [6.07, 6.45) is 1.80. The second-order valence-electron chi connectivity index (χ2n) is 6.43. The molecule has 1 heterocycles. The van der Waals surface area contributed by atoms with Crippen LogP contribution in [-0.2, 0) is 11.4 Å². The molecule has 0 atom stereocenters. The number of thiocarbonyl (C=S) groups is 1. The lowest BCUT2D eigenvalue weighted by molar-refractivity contribution is -0.115. The van der Waals surface area contributed by atoms with E-state index in [1.165, 1.54) is 11.8 Å². The molecule has 1 fully saturated rings. The van der Waals surface area contributed by atoms with E-state index in [0.29, 0.717) is 15.8 Å². The molecule has 0 unspecified atom stereocenters. The van der Waals surface area contributed by atoms with Crippen molar-refractivity contribution >= 4 is 46.1 Å². The van der Waals surface area contributed by atoms with Gasteiger partial charge in [0.05, 0.1) is 4.91 Å². The molecule has 1 amide bonds. The summed E-state index contributed by atoms with van der Waals surface area (Å²) >= 11 is 6.24. The average Bonchev–Trinajstić information content (AvgIpc) is 2.98. The van der Waals surface area contributed by atoms with Crippen molar-refractivity contribution in [3.8, 4) is 5.75 Å². The van der Waals surface area contributed by atoms with Crippen molar-refractivity contribution in [3.63, 3.8) is 0 Å². The van der Waals surface area contributed by atoms with Gasteiger partial charge in [0.15, 0.2) is 5.78 Å². The minimum Gasteiger partial charge on any atom is -0.489 e. The second kappa shape index (κ2) is 8.50. The van der Waals surface area contributed by atoms with Crippen molar-refractivity contribution in [3.05, 3.63) is 70.1 Å². The van der Waals surface area contributed by atoms with Gasteiger partial charge in [-0.3, -0.25) is 9.59 Å². The monoisotopic (exact) mass is 397 g/mol. The molecule has 2 aromatic carbocycles. The van der Waals surface area contributed by atoms with Crippen LogP contribution in [0.2, 0.25) is 0 Å². The molecule has 6 heteroatoms. The third-order valence-electron chi connectivity index (χ3n) is 3.99. The van der Waals surface area contributed by atoms with Gasteiger partial charge in [0, 0.05) is 11.5 Å². The van der Waals surface area contributed by atoms with E-state index in [1.54, 1.807) is 6.08 Å². The van der Waals surface area contributed by atoms with Gasteiger partial charge in [-0.05, 0) is 29.3 Å². The highest BCUT2D eigenvalue weighted by molar-refractivity contribution is 8.26. The van der Waals surface area contributed by atoms with Gasteiger partial charge in [-0.25, -0.2) is 0 Å². The van der Waals surface area contributed by atoms with Crippen LogP contribution in [0.4, 0.5) is 0 Å². The molecule has 0 spiro atoms. The number of rotatable bonds is 6. The molecule has 1 aliphatic heterocycles. The summed E-state index contributed by atoms with van der Waals surface area (Å²) in [6, 6.07) is 15.0. The molecule has 2 aromatic rings. The largest absolute Gasteiger partial charge is 0.489 e. The van der Waals surface area contributed by atoms with Gasteiger partial charge in [0.2, 0.25) is 0 Å². The van der Waals surface area contributed by atoms with Gasteiger partial charge < -0.3 is 10.1 Å². The van der Waals surface area contributed by atoms with Crippen molar-refractivity contribution < 1.29 is 14.3 Å². The van der Waals surface area contributed by atoms with E-state index in [1.807, 2.05) is 62.4 Å². The Balaban J connectivity index is 1.59. The third-order valence-corrected chi connectivity index (χ3v) is 5.15. The molecule has 1 aliphatic rings. The Bertz CT molecular complexity index is 900.